The van der Waals surface area contributed by atoms with Gasteiger partial charge in [0.1, 0.15) is 11.3 Å². The molecule has 30 heavy (non-hydrogen) atoms. The highest BCUT2D eigenvalue weighted by Gasteiger charge is 2.21. The molecule has 0 unspecified atom stereocenters. The van der Waals surface area contributed by atoms with Crippen LogP contribution in [-0.4, -0.2) is 42.3 Å². The van der Waals surface area contributed by atoms with E-state index in [4.69, 9.17) is 21.4 Å². The number of carbonyl (C=O) groups excluding carboxylic acids is 1. The van der Waals surface area contributed by atoms with Gasteiger partial charge in [0.25, 0.3) is 0 Å². The van der Waals surface area contributed by atoms with Crippen molar-refractivity contribution in [3.63, 3.8) is 0 Å². The van der Waals surface area contributed by atoms with Gasteiger partial charge in [0.05, 0.1) is 17.6 Å². The average Bonchev–Trinajstić information content (AvgIpc) is 3.03. The minimum Gasteiger partial charge on any atom is -0.465 e. The van der Waals surface area contributed by atoms with E-state index in [1.807, 2.05) is 5.32 Å². The zero-order valence-corrected chi connectivity index (χ0v) is 16.4. The number of anilines is 2. The van der Waals surface area contributed by atoms with E-state index in [1.165, 1.54) is 17.9 Å². The number of hydrogen-bond acceptors (Lipinski definition) is 7. The summed E-state index contributed by atoms with van der Waals surface area (Å²) in [7, 11) is 1.50. The van der Waals surface area contributed by atoms with E-state index in [-0.39, 0.29) is 28.0 Å². The molecular weight excluding hydrogens is 421 g/mol. The lowest BCUT2D eigenvalue weighted by atomic mass is 10.2. The van der Waals surface area contributed by atoms with Gasteiger partial charge in [-0.3, -0.25) is 15.6 Å². The smallest absolute Gasteiger partial charge is 0.413 e. The molecule has 3 aromatic heterocycles. The number of aromatic nitrogens is 5. The molecule has 0 aromatic carbocycles. The van der Waals surface area contributed by atoms with Gasteiger partial charge in [-0.1, -0.05) is 22.9 Å². The number of amides is 2. The van der Waals surface area contributed by atoms with Crippen molar-refractivity contribution < 1.29 is 23.8 Å². The Labute approximate surface area is 173 Å². The molecule has 0 aliphatic rings. The highest BCUT2D eigenvalue weighted by Crippen LogP contribution is 2.27. The van der Waals surface area contributed by atoms with Gasteiger partial charge in [-0.05, 0) is 13.0 Å². The van der Waals surface area contributed by atoms with Gasteiger partial charge in [-0.2, -0.15) is 0 Å². The number of carboxylic acid groups (broad SMARTS) is 1. The van der Waals surface area contributed by atoms with E-state index in [0.717, 1.165) is 12.3 Å². The number of carbonyl (C=O) groups is 2. The Morgan fingerprint density at radius 3 is 2.77 bits per heavy atom. The van der Waals surface area contributed by atoms with Crippen molar-refractivity contribution in [2.24, 2.45) is 7.05 Å². The molecule has 1 atom stereocenters. The molecule has 3 aromatic rings. The van der Waals surface area contributed by atoms with Crippen molar-refractivity contribution in [2.45, 2.75) is 13.0 Å². The minimum atomic E-state index is -1.43. The lowest BCUT2D eigenvalue weighted by Crippen LogP contribution is -2.18. The second-order valence-electron chi connectivity index (χ2n) is 5.95. The molecule has 11 nitrogen and oxygen atoms in total. The maximum Gasteiger partial charge on any atom is 0.413 e. The zero-order valence-electron chi connectivity index (χ0n) is 15.6. The van der Waals surface area contributed by atoms with Crippen LogP contribution in [0, 0.1) is 5.82 Å². The van der Waals surface area contributed by atoms with E-state index in [1.54, 1.807) is 19.1 Å². The van der Waals surface area contributed by atoms with Gasteiger partial charge in [-0.25, -0.2) is 23.6 Å². The summed E-state index contributed by atoms with van der Waals surface area (Å²) >= 11 is 6.00. The monoisotopic (exact) mass is 435 g/mol. The van der Waals surface area contributed by atoms with Crippen molar-refractivity contribution in [2.75, 3.05) is 10.6 Å². The van der Waals surface area contributed by atoms with Crippen LogP contribution in [0.4, 0.5) is 25.5 Å². The van der Waals surface area contributed by atoms with Gasteiger partial charge in [0.2, 0.25) is 0 Å². The predicted octanol–water partition coefficient (Wildman–Crippen LogP) is 3.46. The Balaban J connectivity index is 1.79. The molecule has 0 saturated carbocycles. The first-order valence-corrected chi connectivity index (χ1v) is 8.77. The van der Waals surface area contributed by atoms with Crippen LogP contribution in [0.1, 0.15) is 18.6 Å². The zero-order chi connectivity index (χ0) is 21.8. The largest absolute Gasteiger partial charge is 0.465 e. The second-order valence-corrected chi connectivity index (χ2v) is 6.30. The number of ether oxygens (including phenoxy) is 1. The number of hydrogen-bond donors (Lipinski definition) is 3. The topological polar surface area (TPSA) is 144 Å². The second kappa shape index (κ2) is 8.69. The first kappa shape index (κ1) is 20.9. The first-order valence-electron chi connectivity index (χ1n) is 8.40. The number of pyridine rings is 2. The van der Waals surface area contributed by atoms with Crippen LogP contribution in [0.15, 0.2) is 30.6 Å². The Morgan fingerprint density at radius 1 is 1.33 bits per heavy atom. The van der Waals surface area contributed by atoms with Crippen molar-refractivity contribution in [1.29, 1.82) is 0 Å². The van der Waals surface area contributed by atoms with E-state index in [0.29, 0.717) is 5.56 Å². The van der Waals surface area contributed by atoms with Crippen LogP contribution in [-0.2, 0) is 11.8 Å². The Kier molecular flexibility index (Phi) is 6.06. The molecule has 2 amide bonds. The molecule has 0 aliphatic heterocycles. The van der Waals surface area contributed by atoms with Gasteiger partial charge < -0.3 is 9.84 Å². The molecule has 0 fully saturated rings. The van der Waals surface area contributed by atoms with Crippen molar-refractivity contribution in [3.05, 3.63) is 47.1 Å². The minimum absolute atomic E-state index is 0.0233. The summed E-state index contributed by atoms with van der Waals surface area (Å²) in [5.74, 6) is -0.781. The lowest BCUT2D eigenvalue weighted by molar-refractivity contribution is 0.121. The van der Waals surface area contributed by atoms with Gasteiger partial charge in [-0.15, -0.1) is 5.10 Å². The fourth-order valence-corrected chi connectivity index (χ4v) is 2.76. The number of halogens is 2. The molecule has 3 N–H and O–H groups in total. The van der Waals surface area contributed by atoms with Crippen LogP contribution in [0.5, 0.6) is 0 Å². The maximum atomic E-state index is 14.1. The highest BCUT2D eigenvalue weighted by molar-refractivity contribution is 6.30. The fourth-order valence-electron chi connectivity index (χ4n) is 2.49. The Bertz CT molecular complexity index is 1110. The third-order valence-electron chi connectivity index (χ3n) is 3.89. The summed E-state index contributed by atoms with van der Waals surface area (Å²) in [6.07, 6.45) is -0.472. The predicted molar refractivity (Wildman–Crippen MR) is 104 cm³/mol. The van der Waals surface area contributed by atoms with E-state index < -0.39 is 24.1 Å². The molecule has 0 bridgehead atoms. The summed E-state index contributed by atoms with van der Waals surface area (Å²) < 4.78 is 20.7. The summed E-state index contributed by atoms with van der Waals surface area (Å²) in [6, 6.07) is 4.29. The summed E-state index contributed by atoms with van der Waals surface area (Å²) in [5, 5.41) is 20.9. The van der Waals surface area contributed by atoms with Crippen LogP contribution in [0.2, 0.25) is 5.15 Å². The normalized spacial score (nSPS) is 11.6. The first-order chi connectivity index (χ1) is 14.3. The van der Waals surface area contributed by atoms with Crippen LogP contribution < -0.4 is 10.6 Å². The van der Waals surface area contributed by atoms with Crippen LogP contribution >= 0.6 is 11.6 Å². The van der Waals surface area contributed by atoms with E-state index in [2.05, 4.69) is 25.6 Å². The highest BCUT2D eigenvalue weighted by atomic mass is 35.5. The van der Waals surface area contributed by atoms with Gasteiger partial charge in [0, 0.05) is 24.9 Å². The quantitative estimate of drug-likeness (QED) is 0.516. The fraction of sp³-hybridized carbons (Fsp3) is 0.176. The molecular formula is C17H15ClFN7O4. The maximum absolute atomic E-state index is 14.1. The van der Waals surface area contributed by atoms with Crippen LogP contribution in [0.3, 0.4) is 0 Å². The van der Waals surface area contributed by atoms with Crippen molar-refractivity contribution >= 4 is 35.3 Å². The van der Waals surface area contributed by atoms with Crippen molar-refractivity contribution in [3.8, 4) is 11.4 Å². The number of aryl methyl sites for hydroxylation is 1. The Morgan fingerprint density at radius 2 is 2.10 bits per heavy atom. The molecule has 0 aliphatic carbocycles. The molecule has 3 rings (SSSR count). The molecule has 0 spiro atoms. The Hall–Kier alpha value is -3.80. The van der Waals surface area contributed by atoms with Crippen molar-refractivity contribution in [1.82, 2.24) is 25.0 Å². The average molecular weight is 436 g/mol. The van der Waals surface area contributed by atoms with E-state index >= 15 is 0 Å². The SMILES string of the molecule is C[C@@H](OC(=O)Nc1c(-c2cc(F)c(NC(=O)O)cn2)nnn1C)c1cccnc1Cl. The third-order valence-corrected chi connectivity index (χ3v) is 4.21. The number of rotatable bonds is 5. The summed E-state index contributed by atoms with van der Waals surface area (Å²) in [5.41, 5.74) is 0.270. The van der Waals surface area contributed by atoms with Crippen LogP contribution in [0.25, 0.3) is 11.4 Å². The summed E-state index contributed by atoms with van der Waals surface area (Å²) in [6.45, 7) is 1.62. The number of nitrogens with zero attached hydrogens (tertiary/aromatic N) is 5. The molecule has 3 heterocycles. The molecule has 13 heteroatoms. The van der Waals surface area contributed by atoms with Gasteiger partial charge in [0.15, 0.2) is 17.3 Å². The van der Waals surface area contributed by atoms with Gasteiger partial charge >= 0.3 is 12.2 Å². The molecule has 0 saturated heterocycles. The molecule has 0 radical (unpaired) electrons. The van der Waals surface area contributed by atoms with E-state index in [9.17, 15) is 14.0 Å². The lowest BCUT2D eigenvalue weighted by Gasteiger charge is -2.15. The third kappa shape index (κ3) is 4.60. The number of nitrogens with one attached hydrogen (secondary N) is 2. The summed E-state index contributed by atoms with van der Waals surface area (Å²) in [4.78, 5) is 30.9. The standard InChI is InChI=1S/C17H15ClFN7O4/c1-8(9-4-3-5-20-14(9)18)30-17(29)23-15-13(24-25-26(15)2)11-6-10(19)12(7-21-11)22-16(27)28/h3-8,22H,1-2H3,(H,23,29)(H,27,28)/t8-/m1/s1. The molecule has 156 valence electrons.